The predicted molar refractivity (Wildman–Crippen MR) is 175 cm³/mol. The Kier molecular flexibility index (Phi) is 43.6. The van der Waals surface area contributed by atoms with Crippen molar-refractivity contribution in [2.75, 3.05) is 0 Å². The molecule has 6 N–H and O–H groups in total. The maximum Gasteiger partial charge on any atom is 2.00 e. The zero-order chi connectivity index (χ0) is 54.6. The molecule has 0 unspecified atom stereocenters. The van der Waals surface area contributed by atoms with Crippen LogP contribution in [0.4, 0.5) is 0 Å². The van der Waals surface area contributed by atoms with E-state index < -0.39 is 56.3 Å². The van der Waals surface area contributed by atoms with Crippen LogP contribution in [-0.2, 0) is 85.1 Å². The normalized spacial score (nSPS) is 9.01. The average molecular weight is 1110 g/mol. The number of rotatable bonds is 12. The molecule has 390 valence electrons. The van der Waals surface area contributed by atoms with Gasteiger partial charge in [-0.15, -0.1) is 51.1 Å². The molecule has 6 rings (SSSR count). The molecular weight excluding hydrogens is 1080 g/mol. The summed E-state index contributed by atoms with van der Waals surface area (Å²) in [5.74, 6) is -5.74. The average Bonchev–Trinajstić information content (AvgIpc) is 4.05. The molecule has 49 heteroatoms. The molecule has 6 aromatic rings. The van der Waals surface area contributed by atoms with Crippen LogP contribution in [0.25, 0.3) is 0 Å². The van der Waals surface area contributed by atoms with Gasteiger partial charge in [-0.25, -0.2) is 65.4 Å². The molecule has 6 aromatic heterocycles. The summed E-state index contributed by atoms with van der Waals surface area (Å²) in [4.78, 5) is 59.7. The fourth-order valence-corrected chi connectivity index (χ4v) is 2.35. The van der Waals surface area contributed by atoms with Crippen LogP contribution < -0.4 is 37.3 Å². The molecule has 46 nitrogen and oxygen atoms in total. The van der Waals surface area contributed by atoms with E-state index in [-0.39, 0.29) is 56.3 Å². The molecule has 0 radical (unpaired) electrons. The second-order valence-electron chi connectivity index (χ2n) is 9.61. The Labute approximate surface area is 404 Å². The molecule has 71 heavy (non-hydrogen) atoms. The molecule has 0 fully saturated rings. The number of carbonyl (C=O) groups is 6. The number of hydrogen-bond acceptors (Lipinski definition) is 34. The largest absolute Gasteiger partial charge is 2.00 e. The number of hydrogen-bond donors (Lipinski definition) is 6. The summed E-state index contributed by atoms with van der Waals surface area (Å²) in [7, 11) is -9.89. The quantitative estimate of drug-likeness (QED) is 0.0620. The van der Waals surface area contributed by atoms with E-state index in [1.165, 1.54) is 51.8 Å². The van der Waals surface area contributed by atoms with Gasteiger partial charge in [-0.1, -0.05) is 0 Å². The number of nitriles is 2. The smallest absolute Gasteiger partial charge is 0.480 e. The predicted octanol–water partition coefficient (Wildman–Crippen LogP) is -15.9. The zero-order valence-corrected chi connectivity index (χ0v) is 37.5. The van der Waals surface area contributed by atoms with Gasteiger partial charge in [0.05, 0.1) is 12.1 Å². The molecule has 0 saturated heterocycles. The van der Waals surface area contributed by atoms with Crippen LogP contribution in [0.2, 0.25) is 0 Å². The first-order chi connectivity index (χ1) is 32.6. The molecule has 0 aromatic carbocycles. The van der Waals surface area contributed by atoms with E-state index in [1.807, 2.05) is 0 Å². The standard InChI is InChI=1S/6C3H4N4O2.2C2H3N.2ClHO4.Fe/c6*8-3(9)1-7-2-4-5-6-7;2*1-2-3;2*2-1(3,4)5;/h6*2H,1H2,(H,8,9);2*1H3;2*(H,2,3,4,5);/q;;;;;;;;;;+2/p-2. The van der Waals surface area contributed by atoms with Crippen molar-refractivity contribution in [3.8, 4) is 12.1 Å². The van der Waals surface area contributed by atoms with Crippen LogP contribution >= 0.6 is 0 Å². The SMILES string of the molecule is CC#N.CC#N.O=C(O)Cn1cnnn1.O=C(O)Cn1cnnn1.O=C(O)Cn1cnnn1.O=C(O)Cn1cnnn1.O=C(O)Cn1cnnn1.O=C(O)Cn1cnnn1.[Fe+2].[O-][Cl+3]([O-])([O-])[O-].[O-][Cl+3]([O-])([O-])[O-]. The van der Waals surface area contributed by atoms with E-state index in [0.29, 0.717) is 0 Å². The van der Waals surface area contributed by atoms with E-state index in [0.717, 1.165) is 28.1 Å². The Hall–Kier alpha value is -9.00. The Bertz CT molecular complexity index is 1910. The van der Waals surface area contributed by atoms with Gasteiger partial charge in [0.2, 0.25) is 0 Å². The van der Waals surface area contributed by atoms with Crippen LogP contribution in [0.3, 0.4) is 0 Å². The van der Waals surface area contributed by atoms with Crippen LogP contribution in [0.15, 0.2) is 38.0 Å². The monoisotopic (exact) mass is 1100 g/mol. The molecule has 0 bridgehead atoms. The first-order valence-electron chi connectivity index (χ1n) is 16.0. The van der Waals surface area contributed by atoms with E-state index in [1.54, 1.807) is 12.1 Å². The molecule has 0 atom stereocenters. The van der Waals surface area contributed by atoms with E-state index in [4.69, 9.17) is 78.4 Å². The van der Waals surface area contributed by atoms with Crippen molar-refractivity contribution in [1.82, 2.24) is 121 Å². The van der Waals surface area contributed by atoms with Gasteiger partial charge in [0.25, 0.3) is 0 Å². The van der Waals surface area contributed by atoms with Crippen LogP contribution in [0.5, 0.6) is 0 Å². The molecule has 0 aliphatic heterocycles. The fourth-order valence-electron chi connectivity index (χ4n) is 2.35. The zero-order valence-electron chi connectivity index (χ0n) is 34.8. The van der Waals surface area contributed by atoms with Crippen molar-refractivity contribution in [3.05, 3.63) is 38.0 Å². The summed E-state index contributed by atoms with van der Waals surface area (Å²) in [5.41, 5.74) is 0. The van der Waals surface area contributed by atoms with Crippen LogP contribution in [0, 0.1) is 43.1 Å². The molecule has 0 amide bonds. The van der Waals surface area contributed by atoms with Crippen molar-refractivity contribution in [1.29, 1.82) is 10.5 Å². The van der Waals surface area contributed by atoms with Crippen molar-refractivity contribution in [2.24, 2.45) is 0 Å². The van der Waals surface area contributed by atoms with Gasteiger partial charge in [0, 0.05) is 13.8 Å². The third kappa shape index (κ3) is 65.4. The maximum atomic E-state index is 9.95. The second kappa shape index (κ2) is 43.6. The molecule has 0 saturated carbocycles. The Balaban J connectivity index is -0.000000231. The van der Waals surface area contributed by atoms with Crippen LogP contribution in [0.1, 0.15) is 13.8 Å². The number of aromatic nitrogens is 24. The van der Waals surface area contributed by atoms with E-state index in [2.05, 4.69) is 93.2 Å². The number of nitrogens with zero attached hydrogens (tertiary/aromatic N) is 26. The summed E-state index contributed by atoms with van der Waals surface area (Å²) in [6.45, 7) is 1.74. The summed E-state index contributed by atoms with van der Waals surface area (Å²) < 4.78 is 74.7. The number of tetrazole rings is 6. The van der Waals surface area contributed by atoms with Gasteiger partial charge in [0.1, 0.15) is 77.2 Å². The molecule has 0 aliphatic carbocycles. The molecular formula is C22H30Cl2FeN26O20. The van der Waals surface area contributed by atoms with Crippen LogP contribution in [-0.4, -0.2) is 188 Å². The first-order valence-corrected chi connectivity index (χ1v) is 18.4. The van der Waals surface area contributed by atoms with Crippen molar-refractivity contribution >= 4 is 35.8 Å². The second-order valence-corrected chi connectivity index (χ2v) is 11.1. The molecule has 0 spiro atoms. The Morgan fingerprint density at radius 3 is 0.535 bits per heavy atom. The van der Waals surface area contributed by atoms with Gasteiger partial charge >= 0.3 is 52.9 Å². The first kappa shape index (κ1) is 71.0. The number of carboxylic acids is 6. The third-order valence-electron chi connectivity index (χ3n) is 4.13. The third-order valence-corrected chi connectivity index (χ3v) is 4.13. The Morgan fingerprint density at radius 1 is 0.380 bits per heavy atom. The van der Waals surface area contributed by atoms with E-state index >= 15 is 0 Å². The molecule has 6 heterocycles. The summed E-state index contributed by atoms with van der Waals surface area (Å²) in [6.07, 6.45) is 7.46. The summed E-state index contributed by atoms with van der Waals surface area (Å²) >= 11 is 0. The minimum absolute atomic E-state index is 0. The van der Waals surface area contributed by atoms with Gasteiger partial charge in [-0.2, -0.15) is 10.5 Å². The molecule has 0 aliphatic rings. The topological polar surface area (TPSA) is 717 Å². The van der Waals surface area contributed by atoms with Gasteiger partial charge < -0.3 is 30.6 Å². The number of aliphatic carboxylic acids is 6. The number of carboxylic acid groups (broad SMARTS) is 6. The Morgan fingerprint density at radius 2 is 0.479 bits per heavy atom. The van der Waals surface area contributed by atoms with Crippen molar-refractivity contribution < 1.29 is 134 Å². The minimum Gasteiger partial charge on any atom is -0.480 e. The van der Waals surface area contributed by atoms with E-state index in [9.17, 15) is 28.8 Å². The maximum absolute atomic E-state index is 9.95. The van der Waals surface area contributed by atoms with Crippen molar-refractivity contribution in [2.45, 2.75) is 53.1 Å². The summed E-state index contributed by atoms with van der Waals surface area (Å²) in [6, 6.07) is 3.50. The van der Waals surface area contributed by atoms with Gasteiger partial charge in [-0.05, 0) is 62.6 Å². The fraction of sp³-hybridized carbons (Fsp3) is 0.364. The van der Waals surface area contributed by atoms with Gasteiger partial charge in [-0.3, -0.25) is 28.8 Å². The number of halogens is 2. The van der Waals surface area contributed by atoms with Gasteiger partial charge in [0.15, 0.2) is 0 Å². The summed E-state index contributed by atoms with van der Waals surface area (Å²) in [5, 5.41) is 123. The minimum atomic E-state index is -4.94. The van der Waals surface area contributed by atoms with Crippen molar-refractivity contribution in [3.63, 3.8) is 0 Å².